The lowest BCUT2D eigenvalue weighted by molar-refractivity contribution is -0.129. The molecule has 1 saturated heterocycles. The van der Waals surface area contributed by atoms with E-state index in [1.54, 1.807) is 6.07 Å². The van der Waals surface area contributed by atoms with E-state index in [2.05, 4.69) is 15.5 Å². The Bertz CT molecular complexity index is 524. The van der Waals surface area contributed by atoms with Crippen LogP contribution in [0.3, 0.4) is 0 Å². The van der Waals surface area contributed by atoms with Crippen molar-refractivity contribution in [1.82, 2.24) is 20.0 Å². The molecule has 0 aliphatic carbocycles. The van der Waals surface area contributed by atoms with E-state index in [9.17, 15) is 14.4 Å². The first-order valence-corrected chi connectivity index (χ1v) is 5.91. The number of nitrogens with one attached hydrogen (secondary N) is 2. The highest BCUT2D eigenvalue weighted by Gasteiger charge is 2.34. The van der Waals surface area contributed by atoms with Gasteiger partial charge >= 0.3 is 6.03 Å². The summed E-state index contributed by atoms with van der Waals surface area (Å²) in [5.41, 5.74) is 0.892. The van der Waals surface area contributed by atoms with E-state index in [1.807, 2.05) is 6.92 Å². The van der Waals surface area contributed by atoms with Crippen LogP contribution in [0.1, 0.15) is 12.6 Å². The molecule has 1 aliphatic rings. The highest BCUT2D eigenvalue weighted by atomic mass is 16.2. The van der Waals surface area contributed by atoms with Gasteiger partial charge < -0.3 is 10.2 Å². The summed E-state index contributed by atoms with van der Waals surface area (Å²) >= 11 is 0. The predicted octanol–water partition coefficient (Wildman–Crippen LogP) is -0.195. The summed E-state index contributed by atoms with van der Waals surface area (Å²) in [6, 6.07) is 1.24. The van der Waals surface area contributed by atoms with Gasteiger partial charge in [0.05, 0.1) is 0 Å². The second-order valence-corrected chi connectivity index (χ2v) is 4.30. The molecule has 2 heterocycles. The number of aromatic amines is 1. The molecular weight excluding hydrogens is 250 g/mol. The number of anilines is 1. The Morgan fingerprint density at radius 3 is 2.79 bits per heavy atom. The average Bonchev–Trinajstić information content (AvgIpc) is 2.90. The quantitative estimate of drug-likeness (QED) is 0.737. The number of carbonyl (C=O) groups is 3. The van der Waals surface area contributed by atoms with E-state index in [0.717, 1.165) is 17.0 Å². The van der Waals surface area contributed by atoms with Gasteiger partial charge in [-0.05, 0) is 6.42 Å². The minimum Gasteiger partial charge on any atom is -0.318 e. The Labute approximate surface area is 109 Å². The highest BCUT2D eigenvalue weighted by molar-refractivity contribution is 6.06. The van der Waals surface area contributed by atoms with Gasteiger partial charge in [-0.25, -0.2) is 4.79 Å². The number of rotatable bonds is 4. The van der Waals surface area contributed by atoms with Crippen LogP contribution in [0.4, 0.5) is 10.6 Å². The lowest BCUT2D eigenvalue weighted by Crippen LogP contribution is -2.38. The molecule has 19 heavy (non-hydrogen) atoms. The van der Waals surface area contributed by atoms with Gasteiger partial charge in [-0.1, -0.05) is 6.92 Å². The van der Waals surface area contributed by atoms with E-state index in [1.165, 1.54) is 11.9 Å². The molecule has 0 aromatic carbocycles. The Morgan fingerprint density at radius 2 is 2.26 bits per heavy atom. The third kappa shape index (κ3) is 2.72. The fourth-order valence-corrected chi connectivity index (χ4v) is 1.76. The maximum absolute atomic E-state index is 11.7. The number of amides is 4. The predicted molar refractivity (Wildman–Crippen MR) is 66.3 cm³/mol. The molecule has 8 heteroatoms. The zero-order chi connectivity index (χ0) is 14.0. The lowest BCUT2D eigenvalue weighted by Gasteiger charge is -2.12. The zero-order valence-corrected chi connectivity index (χ0v) is 10.8. The molecule has 0 spiro atoms. The highest BCUT2D eigenvalue weighted by Crippen LogP contribution is 2.09. The fourth-order valence-electron chi connectivity index (χ4n) is 1.76. The number of carbonyl (C=O) groups excluding carboxylic acids is 3. The Hall–Kier alpha value is -2.38. The number of hydrogen-bond donors (Lipinski definition) is 2. The third-order valence-corrected chi connectivity index (χ3v) is 2.81. The fraction of sp³-hybridized carbons (Fsp3) is 0.455. The van der Waals surface area contributed by atoms with Gasteiger partial charge in [0.2, 0.25) is 5.91 Å². The molecular formula is C11H15N5O3. The van der Waals surface area contributed by atoms with Crippen molar-refractivity contribution >= 4 is 23.7 Å². The van der Waals surface area contributed by atoms with Crippen LogP contribution < -0.4 is 5.32 Å². The van der Waals surface area contributed by atoms with Crippen LogP contribution in [-0.2, 0) is 16.0 Å². The lowest BCUT2D eigenvalue weighted by atomic mass is 10.3. The van der Waals surface area contributed by atoms with Crippen LogP contribution >= 0.6 is 0 Å². The van der Waals surface area contributed by atoms with Crippen LogP contribution in [0, 0.1) is 0 Å². The van der Waals surface area contributed by atoms with Crippen LogP contribution in [-0.4, -0.2) is 58.0 Å². The van der Waals surface area contributed by atoms with Gasteiger partial charge in [0, 0.05) is 18.8 Å². The molecule has 0 radical (unpaired) electrons. The summed E-state index contributed by atoms with van der Waals surface area (Å²) in [5, 5.41) is 9.19. The zero-order valence-electron chi connectivity index (χ0n) is 10.8. The van der Waals surface area contributed by atoms with Crippen molar-refractivity contribution in [3.63, 3.8) is 0 Å². The number of aromatic nitrogens is 2. The molecule has 2 rings (SSSR count). The summed E-state index contributed by atoms with van der Waals surface area (Å²) in [4.78, 5) is 37.0. The SMILES string of the molecule is CCc1cc(NC(=O)CN2C(=O)CN(C)C2=O)n[nH]1. The molecule has 4 amide bonds. The summed E-state index contributed by atoms with van der Waals surface area (Å²) in [7, 11) is 1.51. The van der Waals surface area contributed by atoms with Crippen molar-refractivity contribution in [1.29, 1.82) is 0 Å². The molecule has 0 unspecified atom stereocenters. The smallest absolute Gasteiger partial charge is 0.318 e. The standard InChI is InChI=1S/C11H15N5O3/c1-3-7-4-8(14-13-7)12-9(17)5-16-10(18)6-15(2)11(16)19/h4H,3,5-6H2,1-2H3,(H2,12,13,14,17). The number of nitrogens with zero attached hydrogens (tertiary/aromatic N) is 3. The first-order valence-electron chi connectivity index (χ1n) is 5.91. The van der Waals surface area contributed by atoms with Gasteiger partial charge in [-0.2, -0.15) is 5.10 Å². The monoisotopic (exact) mass is 265 g/mol. The molecule has 1 aromatic rings. The Morgan fingerprint density at radius 1 is 1.53 bits per heavy atom. The molecule has 0 atom stereocenters. The van der Waals surface area contributed by atoms with Crippen LogP contribution in [0.15, 0.2) is 6.07 Å². The summed E-state index contributed by atoms with van der Waals surface area (Å²) in [6.07, 6.45) is 0.775. The van der Waals surface area contributed by atoms with Crippen LogP contribution in [0.25, 0.3) is 0 Å². The van der Waals surface area contributed by atoms with Crippen molar-refractivity contribution in [2.75, 3.05) is 25.5 Å². The largest absolute Gasteiger partial charge is 0.327 e. The van der Waals surface area contributed by atoms with Crippen molar-refractivity contribution in [3.05, 3.63) is 11.8 Å². The average molecular weight is 265 g/mol. The van der Waals surface area contributed by atoms with Crippen LogP contribution in [0.5, 0.6) is 0 Å². The first-order chi connectivity index (χ1) is 9.01. The number of hydrogen-bond acceptors (Lipinski definition) is 4. The normalized spacial score (nSPS) is 15.3. The topological polar surface area (TPSA) is 98.4 Å². The molecule has 102 valence electrons. The number of likely N-dealkylation sites (N-methyl/N-ethyl adjacent to an activating group) is 1. The first kappa shape index (κ1) is 13.1. The molecule has 8 nitrogen and oxygen atoms in total. The summed E-state index contributed by atoms with van der Waals surface area (Å²) in [5.74, 6) is -0.445. The van der Waals surface area contributed by atoms with E-state index >= 15 is 0 Å². The number of H-pyrrole nitrogens is 1. The van der Waals surface area contributed by atoms with E-state index < -0.39 is 11.9 Å². The van der Waals surface area contributed by atoms with E-state index in [4.69, 9.17) is 0 Å². The van der Waals surface area contributed by atoms with Gasteiger partial charge in [0.1, 0.15) is 13.1 Å². The third-order valence-electron chi connectivity index (χ3n) is 2.81. The van der Waals surface area contributed by atoms with Crippen molar-refractivity contribution in [2.24, 2.45) is 0 Å². The summed E-state index contributed by atoms with van der Waals surface area (Å²) < 4.78 is 0. The minimum atomic E-state index is -0.462. The van der Waals surface area contributed by atoms with Crippen LogP contribution in [0.2, 0.25) is 0 Å². The number of imide groups is 1. The second-order valence-electron chi connectivity index (χ2n) is 4.30. The maximum atomic E-state index is 11.7. The number of urea groups is 1. The van der Waals surface area contributed by atoms with Crippen molar-refractivity contribution in [2.45, 2.75) is 13.3 Å². The molecule has 2 N–H and O–H groups in total. The van der Waals surface area contributed by atoms with Crippen molar-refractivity contribution < 1.29 is 14.4 Å². The Kier molecular flexibility index (Phi) is 3.50. The summed E-state index contributed by atoms with van der Waals surface area (Å²) in [6.45, 7) is 1.67. The van der Waals surface area contributed by atoms with Gasteiger partial charge in [0.15, 0.2) is 5.82 Å². The molecule has 0 saturated carbocycles. The van der Waals surface area contributed by atoms with Crippen molar-refractivity contribution in [3.8, 4) is 0 Å². The molecule has 1 aliphatic heterocycles. The molecule has 0 bridgehead atoms. The van der Waals surface area contributed by atoms with E-state index in [0.29, 0.717) is 5.82 Å². The van der Waals surface area contributed by atoms with Gasteiger partial charge in [-0.15, -0.1) is 0 Å². The van der Waals surface area contributed by atoms with E-state index in [-0.39, 0.29) is 19.0 Å². The minimum absolute atomic E-state index is 0.00843. The van der Waals surface area contributed by atoms with Gasteiger partial charge in [-0.3, -0.25) is 19.6 Å². The molecule has 1 aromatic heterocycles. The second kappa shape index (κ2) is 5.09. The maximum Gasteiger partial charge on any atom is 0.327 e. The number of aryl methyl sites for hydroxylation is 1. The molecule has 1 fully saturated rings. The Balaban J connectivity index is 1.94. The van der Waals surface area contributed by atoms with Gasteiger partial charge in [0.25, 0.3) is 5.91 Å².